The Morgan fingerprint density at radius 1 is 1.16 bits per heavy atom. The first kappa shape index (κ1) is 21.7. The van der Waals surface area contributed by atoms with Gasteiger partial charge in [-0.15, -0.1) is 0 Å². The van der Waals surface area contributed by atoms with Crippen molar-refractivity contribution in [3.8, 4) is 5.75 Å². The largest absolute Gasteiger partial charge is 0.492 e. The number of nitrogens with one attached hydrogen (secondary N) is 3. The van der Waals surface area contributed by atoms with Crippen molar-refractivity contribution in [2.24, 2.45) is 5.11 Å². The summed E-state index contributed by atoms with van der Waals surface area (Å²) in [6.07, 6.45) is 1.57. The van der Waals surface area contributed by atoms with Gasteiger partial charge in [0.25, 0.3) is 5.56 Å². The number of pyridine rings is 1. The Hall–Kier alpha value is -3.49. The fourth-order valence-electron chi connectivity index (χ4n) is 3.67. The van der Waals surface area contributed by atoms with Crippen LogP contribution in [-0.4, -0.2) is 61.2 Å². The van der Waals surface area contributed by atoms with Gasteiger partial charge in [-0.2, -0.15) is 5.11 Å². The van der Waals surface area contributed by atoms with Gasteiger partial charge in [0.2, 0.25) is 0 Å². The predicted octanol–water partition coefficient (Wildman–Crippen LogP) is 3.60. The van der Waals surface area contributed by atoms with Gasteiger partial charge in [-0.1, -0.05) is 18.2 Å². The van der Waals surface area contributed by atoms with Crippen LogP contribution in [0.4, 0.5) is 5.69 Å². The van der Waals surface area contributed by atoms with Crippen LogP contribution in [0.1, 0.15) is 5.56 Å². The Morgan fingerprint density at radius 3 is 2.66 bits per heavy atom. The number of nitrogens with zero attached hydrogens (tertiary/aromatic N) is 3. The second-order valence-electron chi connectivity index (χ2n) is 7.90. The van der Waals surface area contributed by atoms with Crippen molar-refractivity contribution in [1.82, 2.24) is 14.8 Å². The topological polar surface area (TPSA) is 96.8 Å². The molecule has 2 aromatic carbocycles. The fourth-order valence-corrected chi connectivity index (χ4v) is 3.67. The first-order valence-electron chi connectivity index (χ1n) is 10.7. The summed E-state index contributed by atoms with van der Waals surface area (Å²) in [5.74, 6) is 0.810. The molecule has 0 amide bonds. The van der Waals surface area contributed by atoms with Crippen LogP contribution in [0.15, 0.2) is 70.7 Å². The monoisotopic (exact) mass is 432 g/mol. The lowest BCUT2D eigenvalue weighted by atomic mass is 10.1. The molecular weight excluding hydrogens is 404 g/mol. The van der Waals surface area contributed by atoms with Gasteiger partial charge in [-0.05, 0) is 48.8 Å². The third kappa shape index (κ3) is 5.40. The van der Waals surface area contributed by atoms with Crippen molar-refractivity contribution in [2.75, 3.05) is 51.7 Å². The smallest absolute Gasteiger partial charge is 0.258 e. The fraction of sp³-hybridized carbons (Fsp3) is 0.292. The number of piperazine rings is 1. The molecule has 0 saturated carbocycles. The van der Waals surface area contributed by atoms with E-state index in [1.165, 1.54) is 0 Å². The van der Waals surface area contributed by atoms with Crippen LogP contribution >= 0.6 is 0 Å². The minimum Gasteiger partial charge on any atom is -0.492 e. The highest BCUT2D eigenvalue weighted by atomic mass is 16.5. The van der Waals surface area contributed by atoms with Crippen LogP contribution in [0.3, 0.4) is 0 Å². The maximum atomic E-state index is 12.4. The summed E-state index contributed by atoms with van der Waals surface area (Å²) in [5.41, 5.74) is 9.39. The van der Waals surface area contributed by atoms with Crippen molar-refractivity contribution in [3.63, 3.8) is 0 Å². The van der Waals surface area contributed by atoms with Crippen LogP contribution in [-0.2, 0) is 0 Å². The summed E-state index contributed by atoms with van der Waals surface area (Å²) in [7, 11) is 2.15. The zero-order valence-electron chi connectivity index (χ0n) is 18.2. The predicted molar refractivity (Wildman–Crippen MR) is 127 cm³/mol. The number of hydrogen-bond acceptors (Lipinski definition) is 7. The van der Waals surface area contributed by atoms with Gasteiger partial charge in [0, 0.05) is 50.1 Å². The van der Waals surface area contributed by atoms with E-state index in [2.05, 4.69) is 32.3 Å². The Labute approximate surface area is 187 Å². The third-order valence-electron chi connectivity index (χ3n) is 5.65. The van der Waals surface area contributed by atoms with Crippen LogP contribution < -0.4 is 15.6 Å². The second kappa shape index (κ2) is 10.2. The number of anilines is 1. The first-order chi connectivity index (χ1) is 15.6. The van der Waals surface area contributed by atoms with Gasteiger partial charge in [0.05, 0.1) is 5.56 Å². The molecular formula is C24H28N6O2. The van der Waals surface area contributed by atoms with Crippen LogP contribution in [0.2, 0.25) is 0 Å². The summed E-state index contributed by atoms with van der Waals surface area (Å²) in [6, 6.07) is 16.9. The van der Waals surface area contributed by atoms with E-state index < -0.39 is 0 Å². The summed E-state index contributed by atoms with van der Waals surface area (Å²) < 4.78 is 5.87. The molecule has 1 fully saturated rings. The summed E-state index contributed by atoms with van der Waals surface area (Å²) >= 11 is 0. The standard InChI is InChI=1S/C24H28N6O2/c1-29-10-12-30(13-11-29)14-15-32-20-8-6-19(7-9-20)26-17-23(28-25)21-16-18-4-2-3-5-22(18)27-24(21)31/h2-9,16-17,25-26H,10-15H2,1H3,(H,27,31)/b23-17-,28-25?. The van der Waals surface area contributed by atoms with Crippen LogP contribution in [0, 0.1) is 5.53 Å². The highest BCUT2D eigenvalue weighted by Crippen LogP contribution is 2.19. The zero-order chi connectivity index (χ0) is 22.3. The highest BCUT2D eigenvalue weighted by Gasteiger charge is 2.13. The van der Waals surface area contributed by atoms with Gasteiger partial charge in [-0.25, -0.2) is 5.53 Å². The molecule has 0 spiro atoms. The van der Waals surface area contributed by atoms with E-state index in [1.807, 2.05) is 48.5 Å². The van der Waals surface area contributed by atoms with E-state index in [0.717, 1.165) is 55.1 Å². The molecule has 2 heterocycles. The number of benzene rings is 2. The lowest BCUT2D eigenvalue weighted by Crippen LogP contribution is -2.45. The number of hydrogen-bond donors (Lipinski definition) is 3. The van der Waals surface area contributed by atoms with Gasteiger partial charge < -0.3 is 19.9 Å². The Balaban J connectivity index is 1.36. The third-order valence-corrected chi connectivity index (χ3v) is 5.65. The van der Waals surface area contributed by atoms with Gasteiger partial charge in [-0.3, -0.25) is 9.69 Å². The van der Waals surface area contributed by atoms with Crippen molar-refractivity contribution in [1.29, 1.82) is 5.53 Å². The number of rotatable bonds is 8. The van der Waals surface area contributed by atoms with Crippen molar-refractivity contribution in [3.05, 3.63) is 76.7 Å². The minimum atomic E-state index is -0.281. The molecule has 1 aromatic heterocycles. The number of fused-ring (bicyclic) bond motifs is 1. The number of aromatic amines is 1. The minimum absolute atomic E-state index is 0.254. The first-order valence-corrected chi connectivity index (χ1v) is 10.7. The molecule has 3 N–H and O–H groups in total. The average molecular weight is 433 g/mol. The number of ether oxygens (including phenoxy) is 1. The molecule has 1 saturated heterocycles. The SMILES string of the molecule is CN1CCN(CCOc2ccc(N/C=C(\N=N)c3cc4ccccc4[nH]c3=O)cc2)CC1. The molecule has 1 aliphatic heterocycles. The lowest BCUT2D eigenvalue weighted by Gasteiger charge is -2.32. The number of aromatic nitrogens is 1. The van der Waals surface area contributed by atoms with Crippen molar-refractivity contribution >= 4 is 22.3 Å². The van der Waals surface area contributed by atoms with E-state index >= 15 is 0 Å². The molecule has 1 aliphatic rings. The molecule has 0 atom stereocenters. The average Bonchev–Trinajstić information content (AvgIpc) is 2.82. The molecule has 0 radical (unpaired) electrons. The van der Waals surface area contributed by atoms with E-state index in [9.17, 15) is 4.79 Å². The Kier molecular flexibility index (Phi) is 6.94. The van der Waals surface area contributed by atoms with E-state index in [-0.39, 0.29) is 11.3 Å². The molecule has 4 rings (SSSR count). The maximum absolute atomic E-state index is 12.4. The van der Waals surface area contributed by atoms with Crippen molar-refractivity contribution < 1.29 is 4.74 Å². The number of H-pyrrole nitrogens is 1. The second-order valence-corrected chi connectivity index (χ2v) is 7.90. The molecule has 8 nitrogen and oxygen atoms in total. The molecule has 0 aliphatic carbocycles. The molecule has 0 bridgehead atoms. The van der Waals surface area contributed by atoms with E-state index in [4.69, 9.17) is 10.3 Å². The van der Waals surface area contributed by atoms with Gasteiger partial charge in [0.1, 0.15) is 18.1 Å². The van der Waals surface area contributed by atoms with E-state index in [0.29, 0.717) is 12.2 Å². The summed E-state index contributed by atoms with van der Waals surface area (Å²) in [4.78, 5) is 20.0. The molecule has 0 unspecified atom stereocenters. The summed E-state index contributed by atoms with van der Waals surface area (Å²) in [5, 5.41) is 7.54. The van der Waals surface area contributed by atoms with Crippen LogP contribution in [0.25, 0.3) is 16.6 Å². The summed E-state index contributed by atoms with van der Waals surface area (Å²) in [6.45, 7) is 5.95. The van der Waals surface area contributed by atoms with Crippen molar-refractivity contribution in [2.45, 2.75) is 0 Å². The van der Waals surface area contributed by atoms with E-state index in [1.54, 1.807) is 12.3 Å². The highest BCUT2D eigenvalue weighted by molar-refractivity contribution is 5.82. The quantitative estimate of drug-likeness (QED) is 0.473. The maximum Gasteiger partial charge on any atom is 0.258 e. The Morgan fingerprint density at radius 2 is 1.91 bits per heavy atom. The zero-order valence-corrected chi connectivity index (χ0v) is 18.2. The molecule has 3 aromatic rings. The molecule has 8 heteroatoms. The normalized spacial score (nSPS) is 15.6. The number of para-hydroxylation sites is 1. The lowest BCUT2D eigenvalue weighted by molar-refractivity contribution is 0.134. The van der Waals surface area contributed by atoms with Gasteiger partial charge >= 0.3 is 0 Å². The molecule has 166 valence electrons. The van der Waals surface area contributed by atoms with Crippen LogP contribution in [0.5, 0.6) is 5.75 Å². The number of likely N-dealkylation sites (N-methyl/N-ethyl adjacent to an activating group) is 1. The van der Waals surface area contributed by atoms with Gasteiger partial charge in [0.15, 0.2) is 0 Å². The molecule has 32 heavy (non-hydrogen) atoms. The Bertz CT molecular complexity index is 1150.